The molecule has 4 nitrogen and oxygen atoms in total. The lowest BCUT2D eigenvalue weighted by Crippen LogP contribution is -2.30. The van der Waals surface area contributed by atoms with Crippen LogP contribution >= 0.6 is 0 Å². The number of esters is 1. The van der Waals surface area contributed by atoms with E-state index in [4.69, 9.17) is 9.47 Å². The van der Waals surface area contributed by atoms with Gasteiger partial charge in [0.15, 0.2) is 0 Å². The van der Waals surface area contributed by atoms with Crippen LogP contribution in [0.5, 0.6) is 5.75 Å². The summed E-state index contributed by atoms with van der Waals surface area (Å²) < 4.78 is 10.6. The fourth-order valence-electron chi connectivity index (χ4n) is 2.59. The van der Waals surface area contributed by atoms with Crippen LogP contribution in [0.1, 0.15) is 32.4 Å². The molecule has 2 rings (SSSR count). The summed E-state index contributed by atoms with van der Waals surface area (Å²) in [6, 6.07) is 15.1. The zero-order chi connectivity index (χ0) is 18.6. The second-order valence-electron chi connectivity index (χ2n) is 6.59. The molecular formula is C21H24O4. The third-order valence-electron chi connectivity index (χ3n) is 3.84. The van der Waals surface area contributed by atoms with Crippen LogP contribution in [0.25, 0.3) is 11.1 Å². The van der Waals surface area contributed by atoms with Gasteiger partial charge in [-0.3, -0.25) is 0 Å². The fraction of sp³-hybridized carbons (Fsp3) is 0.286. The molecule has 132 valence electrons. The predicted molar refractivity (Wildman–Crippen MR) is 98.4 cm³/mol. The minimum absolute atomic E-state index is 0.360. The number of carbonyl (C=O) groups is 1. The fourth-order valence-corrected chi connectivity index (χ4v) is 2.59. The molecule has 0 aliphatic heterocycles. The molecule has 1 atom stereocenters. The Morgan fingerprint density at radius 1 is 1.04 bits per heavy atom. The van der Waals surface area contributed by atoms with Crippen molar-refractivity contribution in [2.24, 2.45) is 0 Å². The highest BCUT2D eigenvalue weighted by Gasteiger charge is 2.28. The molecular weight excluding hydrogens is 316 g/mol. The second-order valence-corrected chi connectivity index (χ2v) is 6.59. The number of benzene rings is 2. The first-order chi connectivity index (χ1) is 11.7. The van der Waals surface area contributed by atoms with Crippen molar-refractivity contribution in [1.29, 1.82) is 0 Å². The highest BCUT2D eigenvalue weighted by atomic mass is 16.5. The topological polar surface area (TPSA) is 55.8 Å². The molecule has 0 bridgehead atoms. The molecule has 0 spiro atoms. The predicted octanol–water partition coefficient (Wildman–Crippen LogP) is 4.29. The normalized spacial score (nSPS) is 12.5. The van der Waals surface area contributed by atoms with Gasteiger partial charge >= 0.3 is 5.97 Å². The van der Waals surface area contributed by atoms with Crippen molar-refractivity contribution in [2.45, 2.75) is 32.5 Å². The number of methoxy groups -OCH3 is 1. The lowest BCUT2D eigenvalue weighted by atomic mass is 9.93. The molecule has 0 radical (unpaired) electrons. The van der Waals surface area contributed by atoms with E-state index in [0.717, 1.165) is 16.7 Å². The van der Waals surface area contributed by atoms with Crippen molar-refractivity contribution in [3.63, 3.8) is 0 Å². The lowest BCUT2D eigenvalue weighted by Gasteiger charge is -2.28. The standard InChI is InChI=1S/C21H24O4/c1-14(2)20(22)25-18-12-10-16(11-13-18)15-6-8-17(9-7-15)19(24-5)21(3,4)23/h6-13,19,23H,1H2,2-5H3. The van der Waals surface area contributed by atoms with Crippen molar-refractivity contribution < 1.29 is 19.4 Å². The molecule has 1 unspecified atom stereocenters. The number of hydrogen-bond acceptors (Lipinski definition) is 4. The second kappa shape index (κ2) is 7.64. The first kappa shape index (κ1) is 18.9. The Kier molecular flexibility index (Phi) is 5.77. The Morgan fingerprint density at radius 2 is 1.52 bits per heavy atom. The summed E-state index contributed by atoms with van der Waals surface area (Å²) in [6.07, 6.45) is -0.398. The molecule has 0 aliphatic carbocycles. The minimum Gasteiger partial charge on any atom is -0.423 e. The van der Waals surface area contributed by atoms with Gasteiger partial charge in [0.1, 0.15) is 11.9 Å². The molecule has 0 aliphatic rings. The minimum atomic E-state index is -0.967. The van der Waals surface area contributed by atoms with Crippen LogP contribution in [0.15, 0.2) is 60.7 Å². The smallest absolute Gasteiger partial charge is 0.338 e. The van der Waals surface area contributed by atoms with E-state index in [2.05, 4.69) is 6.58 Å². The highest BCUT2D eigenvalue weighted by molar-refractivity contribution is 5.88. The van der Waals surface area contributed by atoms with E-state index in [1.165, 1.54) is 0 Å². The van der Waals surface area contributed by atoms with Crippen LogP contribution in [-0.4, -0.2) is 23.8 Å². The van der Waals surface area contributed by atoms with Crippen molar-refractivity contribution in [1.82, 2.24) is 0 Å². The summed E-state index contributed by atoms with van der Waals surface area (Å²) in [5.41, 5.74) is 2.32. The van der Waals surface area contributed by atoms with E-state index in [1.807, 2.05) is 36.4 Å². The number of carbonyl (C=O) groups excluding carboxylic acids is 1. The van der Waals surface area contributed by atoms with Crippen LogP contribution < -0.4 is 4.74 Å². The Morgan fingerprint density at radius 3 is 1.92 bits per heavy atom. The number of hydrogen-bond donors (Lipinski definition) is 1. The lowest BCUT2D eigenvalue weighted by molar-refractivity contribution is -0.130. The van der Waals surface area contributed by atoms with Crippen LogP contribution in [0, 0.1) is 0 Å². The van der Waals surface area contributed by atoms with Crippen LogP contribution in [-0.2, 0) is 9.53 Å². The SMILES string of the molecule is C=C(C)C(=O)Oc1ccc(-c2ccc(C(OC)C(C)(C)O)cc2)cc1. The summed E-state index contributed by atoms with van der Waals surface area (Å²) in [4.78, 5) is 11.5. The summed E-state index contributed by atoms with van der Waals surface area (Å²) >= 11 is 0. The third kappa shape index (κ3) is 4.78. The Bertz CT molecular complexity index is 737. The molecule has 2 aromatic rings. The third-order valence-corrected chi connectivity index (χ3v) is 3.84. The number of rotatable bonds is 6. The largest absolute Gasteiger partial charge is 0.423 e. The monoisotopic (exact) mass is 340 g/mol. The van der Waals surface area contributed by atoms with Crippen LogP contribution in [0.3, 0.4) is 0 Å². The summed E-state index contributed by atoms with van der Waals surface area (Å²) in [5.74, 6) is 0.0455. The summed E-state index contributed by atoms with van der Waals surface area (Å²) in [6.45, 7) is 8.62. The van der Waals surface area contributed by atoms with Gasteiger partial charge in [-0.15, -0.1) is 0 Å². The molecule has 0 saturated heterocycles. The maximum Gasteiger partial charge on any atom is 0.338 e. The van der Waals surface area contributed by atoms with Crippen molar-refractivity contribution >= 4 is 5.97 Å². The van der Waals surface area contributed by atoms with Gasteiger partial charge in [-0.05, 0) is 49.6 Å². The molecule has 4 heteroatoms. The van der Waals surface area contributed by atoms with Gasteiger partial charge in [0.2, 0.25) is 0 Å². The zero-order valence-electron chi connectivity index (χ0n) is 15.1. The average Bonchev–Trinajstić information content (AvgIpc) is 2.55. The van der Waals surface area contributed by atoms with E-state index in [9.17, 15) is 9.90 Å². The molecule has 2 aromatic carbocycles. The van der Waals surface area contributed by atoms with E-state index >= 15 is 0 Å². The van der Waals surface area contributed by atoms with E-state index < -0.39 is 17.7 Å². The van der Waals surface area contributed by atoms with Crippen LogP contribution in [0.4, 0.5) is 0 Å². The van der Waals surface area contributed by atoms with Gasteiger partial charge in [-0.1, -0.05) is 43.0 Å². The maximum absolute atomic E-state index is 11.5. The molecule has 0 amide bonds. The average molecular weight is 340 g/mol. The Labute approximate surface area is 148 Å². The Hall–Kier alpha value is -2.43. The molecule has 25 heavy (non-hydrogen) atoms. The zero-order valence-corrected chi connectivity index (χ0v) is 15.1. The maximum atomic E-state index is 11.5. The number of ether oxygens (including phenoxy) is 2. The van der Waals surface area contributed by atoms with Crippen molar-refractivity contribution in [3.8, 4) is 16.9 Å². The van der Waals surface area contributed by atoms with Gasteiger partial charge in [0, 0.05) is 12.7 Å². The molecule has 0 saturated carbocycles. The van der Waals surface area contributed by atoms with E-state index in [0.29, 0.717) is 11.3 Å². The van der Waals surface area contributed by atoms with Crippen molar-refractivity contribution in [3.05, 3.63) is 66.2 Å². The van der Waals surface area contributed by atoms with Gasteiger partial charge in [0.25, 0.3) is 0 Å². The Balaban J connectivity index is 2.17. The first-order valence-electron chi connectivity index (χ1n) is 8.05. The van der Waals surface area contributed by atoms with E-state index in [-0.39, 0.29) is 0 Å². The number of aliphatic hydroxyl groups is 1. The van der Waals surface area contributed by atoms with Gasteiger partial charge in [-0.2, -0.15) is 0 Å². The van der Waals surface area contributed by atoms with Crippen molar-refractivity contribution in [2.75, 3.05) is 7.11 Å². The molecule has 1 N–H and O–H groups in total. The van der Waals surface area contributed by atoms with Gasteiger partial charge in [-0.25, -0.2) is 4.79 Å². The molecule has 0 heterocycles. The van der Waals surface area contributed by atoms with E-state index in [1.54, 1.807) is 40.0 Å². The van der Waals surface area contributed by atoms with Crippen LogP contribution in [0.2, 0.25) is 0 Å². The first-order valence-corrected chi connectivity index (χ1v) is 8.05. The summed E-state index contributed by atoms with van der Waals surface area (Å²) in [5, 5.41) is 10.2. The molecule has 0 aromatic heterocycles. The highest BCUT2D eigenvalue weighted by Crippen LogP contribution is 2.30. The molecule has 0 fully saturated rings. The summed E-state index contributed by atoms with van der Waals surface area (Å²) in [7, 11) is 1.58. The van der Waals surface area contributed by atoms with Gasteiger partial charge in [0.05, 0.1) is 5.60 Å². The van der Waals surface area contributed by atoms with Gasteiger partial charge < -0.3 is 14.6 Å². The quantitative estimate of drug-likeness (QED) is 0.484.